The molecule has 2 aromatic rings. The van der Waals surface area contributed by atoms with E-state index in [4.69, 9.17) is 5.26 Å². The zero-order valence-corrected chi connectivity index (χ0v) is 14.3. The molecule has 1 unspecified atom stereocenters. The highest BCUT2D eigenvalue weighted by atomic mass is 16.2. The van der Waals surface area contributed by atoms with Gasteiger partial charge in [0.1, 0.15) is 6.54 Å². The number of amides is 2. The number of carbonyl (C=O) groups is 2. The van der Waals surface area contributed by atoms with Crippen molar-refractivity contribution in [2.24, 2.45) is 0 Å². The summed E-state index contributed by atoms with van der Waals surface area (Å²) in [5.41, 5.74) is 3.06. The van der Waals surface area contributed by atoms with Gasteiger partial charge in [-0.25, -0.2) is 0 Å². The molecule has 1 atom stereocenters. The average molecular weight is 333 g/mol. The Morgan fingerprint density at radius 3 is 2.72 bits per heavy atom. The molecule has 1 aliphatic rings. The molecule has 0 fully saturated rings. The van der Waals surface area contributed by atoms with Crippen LogP contribution in [-0.2, 0) is 16.0 Å². The lowest BCUT2D eigenvalue weighted by atomic mass is 10.1. The standard InChI is InChI=1S/C20H19N3O2/c1-14-10-17-7-3-4-9-19(17)23(14)20(25)13-22(15(2)24)18-8-5-6-16(11-18)12-21/h3-9,11,14H,10,13H2,1-2H3. The lowest BCUT2D eigenvalue weighted by Crippen LogP contribution is -2.44. The lowest BCUT2D eigenvalue weighted by Gasteiger charge is -2.27. The monoisotopic (exact) mass is 333 g/mol. The highest BCUT2D eigenvalue weighted by molar-refractivity contribution is 6.04. The summed E-state index contributed by atoms with van der Waals surface area (Å²) < 4.78 is 0. The fourth-order valence-corrected chi connectivity index (χ4v) is 3.28. The maximum absolute atomic E-state index is 12.9. The Labute approximate surface area is 147 Å². The molecule has 1 heterocycles. The molecule has 0 bridgehead atoms. The fourth-order valence-electron chi connectivity index (χ4n) is 3.28. The van der Waals surface area contributed by atoms with Crippen molar-refractivity contribution in [3.63, 3.8) is 0 Å². The predicted molar refractivity (Wildman–Crippen MR) is 96.3 cm³/mol. The first kappa shape index (κ1) is 16.7. The SMILES string of the molecule is CC(=O)N(CC(=O)N1c2ccccc2CC1C)c1cccc(C#N)c1. The van der Waals surface area contributed by atoms with E-state index in [0.29, 0.717) is 11.3 Å². The molecule has 0 aliphatic carbocycles. The third-order valence-electron chi connectivity index (χ3n) is 4.44. The second-order valence-corrected chi connectivity index (χ2v) is 6.21. The molecule has 3 rings (SSSR count). The van der Waals surface area contributed by atoms with Gasteiger partial charge in [0.25, 0.3) is 0 Å². The Kier molecular flexibility index (Phi) is 4.53. The summed E-state index contributed by atoms with van der Waals surface area (Å²) in [5, 5.41) is 9.05. The van der Waals surface area contributed by atoms with Crippen molar-refractivity contribution in [1.29, 1.82) is 5.26 Å². The second kappa shape index (κ2) is 6.78. The van der Waals surface area contributed by atoms with Crippen LogP contribution < -0.4 is 9.80 Å². The van der Waals surface area contributed by atoms with Gasteiger partial charge >= 0.3 is 0 Å². The van der Waals surface area contributed by atoms with Crippen LogP contribution in [0.15, 0.2) is 48.5 Å². The van der Waals surface area contributed by atoms with Crippen molar-refractivity contribution < 1.29 is 9.59 Å². The van der Waals surface area contributed by atoms with E-state index >= 15 is 0 Å². The summed E-state index contributed by atoms with van der Waals surface area (Å²) in [7, 11) is 0. The van der Waals surface area contributed by atoms with Crippen molar-refractivity contribution in [3.05, 3.63) is 59.7 Å². The molecule has 0 radical (unpaired) electrons. The Hall–Kier alpha value is -3.13. The van der Waals surface area contributed by atoms with E-state index < -0.39 is 0 Å². The van der Waals surface area contributed by atoms with Crippen molar-refractivity contribution >= 4 is 23.2 Å². The predicted octanol–water partition coefficient (Wildman–Crippen LogP) is 2.89. The first-order valence-corrected chi connectivity index (χ1v) is 8.19. The molecule has 0 N–H and O–H groups in total. The number of para-hydroxylation sites is 1. The highest BCUT2D eigenvalue weighted by Crippen LogP contribution is 2.32. The number of fused-ring (bicyclic) bond motifs is 1. The number of carbonyl (C=O) groups excluding carboxylic acids is 2. The molecule has 0 spiro atoms. The summed E-state index contributed by atoms with van der Waals surface area (Å²) in [4.78, 5) is 28.2. The van der Waals surface area contributed by atoms with Gasteiger partial charge in [-0.1, -0.05) is 24.3 Å². The molecule has 2 amide bonds. The van der Waals surface area contributed by atoms with E-state index in [-0.39, 0.29) is 24.4 Å². The molecule has 1 aliphatic heterocycles. The minimum Gasteiger partial charge on any atom is -0.307 e. The van der Waals surface area contributed by atoms with Crippen LogP contribution in [0, 0.1) is 11.3 Å². The van der Waals surface area contributed by atoms with Crippen molar-refractivity contribution in [1.82, 2.24) is 0 Å². The quantitative estimate of drug-likeness (QED) is 0.867. The summed E-state index contributed by atoms with van der Waals surface area (Å²) in [6.07, 6.45) is 0.811. The number of hydrogen-bond donors (Lipinski definition) is 0. The largest absolute Gasteiger partial charge is 0.307 e. The zero-order chi connectivity index (χ0) is 18.0. The molecular weight excluding hydrogens is 314 g/mol. The third-order valence-corrected chi connectivity index (χ3v) is 4.44. The van der Waals surface area contributed by atoms with Gasteiger partial charge < -0.3 is 9.80 Å². The molecule has 0 saturated heterocycles. The first-order chi connectivity index (χ1) is 12.0. The summed E-state index contributed by atoms with van der Waals surface area (Å²) in [5.74, 6) is -0.362. The van der Waals surface area contributed by atoms with Crippen LogP contribution in [-0.4, -0.2) is 24.4 Å². The topological polar surface area (TPSA) is 64.4 Å². The van der Waals surface area contributed by atoms with E-state index in [2.05, 4.69) is 6.07 Å². The second-order valence-electron chi connectivity index (χ2n) is 6.21. The minimum absolute atomic E-state index is 0.0527. The van der Waals surface area contributed by atoms with Gasteiger partial charge in [-0.05, 0) is 43.2 Å². The molecule has 5 heteroatoms. The van der Waals surface area contributed by atoms with Gasteiger partial charge in [0.2, 0.25) is 11.8 Å². The number of hydrogen-bond acceptors (Lipinski definition) is 3. The first-order valence-electron chi connectivity index (χ1n) is 8.19. The fraction of sp³-hybridized carbons (Fsp3) is 0.250. The smallest absolute Gasteiger partial charge is 0.247 e. The van der Waals surface area contributed by atoms with Crippen molar-refractivity contribution in [2.75, 3.05) is 16.3 Å². The number of benzene rings is 2. The Morgan fingerprint density at radius 1 is 1.24 bits per heavy atom. The van der Waals surface area contributed by atoms with Crippen LogP contribution in [0.25, 0.3) is 0 Å². The van der Waals surface area contributed by atoms with Gasteiger partial charge in [-0.2, -0.15) is 5.26 Å². The minimum atomic E-state index is -0.233. The van der Waals surface area contributed by atoms with Crippen molar-refractivity contribution in [3.8, 4) is 6.07 Å². The van der Waals surface area contributed by atoms with Gasteiger partial charge in [0.15, 0.2) is 0 Å². The molecule has 25 heavy (non-hydrogen) atoms. The van der Waals surface area contributed by atoms with Gasteiger partial charge in [0, 0.05) is 24.3 Å². The van der Waals surface area contributed by atoms with E-state index in [0.717, 1.165) is 17.7 Å². The highest BCUT2D eigenvalue weighted by Gasteiger charge is 2.32. The van der Waals surface area contributed by atoms with E-state index in [9.17, 15) is 9.59 Å². The van der Waals surface area contributed by atoms with Crippen LogP contribution in [0.3, 0.4) is 0 Å². The van der Waals surface area contributed by atoms with Crippen LogP contribution in [0.5, 0.6) is 0 Å². The maximum atomic E-state index is 12.9. The van der Waals surface area contributed by atoms with E-state index in [1.165, 1.54) is 11.8 Å². The van der Waals surface area contributed by atoms with E-state index in [1.54, 1.807) is 29.2 Å². The maximum Gasteiger partial charge on any atom is 0.247 e. The number of rotatable bonds is 3. The number of nitrogens with zero attached hydrogens (tertiary/aromatic N) is 3. The van der Waals surface area contributed by atoms with Gasteiger partial charge in [0.05, 0.1) is 11.6 Å². The Morgan fingerprint density at radius 2 is 2.00 bits per heavy atom. The van der Waals surface area contributed by atoms with Crippen LogP contribution in [0.1, 0.15) is 25.0 Å². The Bertz CT molecular complexity index is 869. The summed E-state index contributed by atoms with van der Waals surface area (Å²) in [6, 6.07) is 16.7. The molecular formula is C20H19N3O2. The molecule has 126 valence electrons. The molecule has 5 nitrogen and oxygen atoms in total. The molecule has 2 aromatic carbocycles. The van der Waals surface area contributed by atoms with Crippen molar-refractivity contribution in [2.45, 2.75) is 26.3 Å². The number of nitriles is 1. The Balaban J connectivity index is 1.87. The molecule has 0 saturated carbocycles. The lowest BCUT2D eigenvalue weighted by molar-refractivity contribution is -0.121. The van der Waals surface area contributed by atoms with Gasteiger partial charge in [-0.3, -0.25) is 9.59 Å². The number of anilines is 2. The normalized spacial score (nSPS) is 15.4. The van der Waals surface area contributed by atoms with E-state index in [1.807, 2.05) is 31.2 Å². The average Bonchev–Trinajstić information content (AvgIpc) is 2.95. The van der Waals surface area contributed by atoms with Crippen LogP contribution in [0.2, 0.25) is 0 Å². The van der Waals surface area contributed by atoms with Crippen LogP contribution >= 0.6 is 0 Å². The zero-order valence-electron chi connectivity index (χ0n) is 14.3. The summed E-state index contributed by atoms with van der Waals surface area (Å²) >= 11 is 0. The van der Waals surface area contributed by atoms with Crippen LogP contribution in [0.4, 0.5) is 11.4 Å². The van der Waals surface area contributed by atoms with Gasteiger partial charge in [-0.15, -0.1) is 0 Å². The third kappa shape index (κ3) is 3.24. The molecule has 0 aromatic heterocycles. The summed E-state index contributed by atoms with van der Waals surface area (Å²) in [6.45, 7) is 3.38.